The zero-order valence-electron chi connectivity index (χ0n) is 11.6. The van der Waals surface area contributed by atoms with E-state index in [4.69, 9.17) is 0 Å². The van der Waals surface area contributed by atoms with Gasteiger partial charge in [0.1, 0.15) is 0 Å². The summed E-state index contributed by atoms with van der Waals surface area (Å²) in [4.78, 5) is 0. The first-order chi connectivity index (χ1) is 7.43. The fraction of sp³-hybridized carbons (Fsp3) is 0.692. The molecule has 0 bridgehead atoms. The summed E-state index contributed by atoms with van der Waals surface area (Å²) in [6, 6.07) is 0. The van der Waals surface area contributed by atoms with Gasteiger partial charge in [0.25, 0.3) is 0 Å². The predicted octanol–water partition coefficient (Wildman–Crippen LogP) is 1.55. The zero-order valence-corrected chi connectivity index (χ0v) is 13.0. The first-order valence-electron chi connectivity index (χ1n) is 5.53. The van der Waals surface area contributed by atoms with E-state index >= 15 is 0 Å². The number of allylic oxidation sites excluding steroid dienone is 4. The number of rotatable bonds is 1. The normalized spacial score (nSPS) is 13.8. The van der Waals surface area contributed by atoms with Crippen LogP contribution in [0.3, 0.4) is 0 Å². The van der Waals surface area contributed by atoms with Crippen molar-refractivity contribution in [3.8, 4) is 0 Å². The van der Waals surface area contributed by atoms with Gasteiger partial charge in [0, 0.05) is 0 Å². The van der Waals surface area contributed by atoms with E-state index in [9.17, 15) is 13.9 Å². The molecule has 0 unspecified atom stereocenters. The second kappa shape index (κ2) is 8.81. The van der Waals surface area contributed by atoms with E-state index in [-0.39, 0.29) is 0 Å². The Morgan fingerprint density at radius 2 is 1.41 bits per heavy atom. The van der Waals surface area contributed by atoms with E-state index in [1.54, 1.807) is 41.5 Å². The Balaban J connectivity index is 0. The topological polar surface area (TPSA) is 63.2 Å². The summed E-state index contributed by atoms with van der Waals surface area (Å²) in [5.41, 5.74) is -1.50. The van der Waals surface area contributed by atoms with Gasteiger partial charge in [-0.1, -0.05) is 41.5 Å². The van der Waals surface area contributed by atoms with E-state index in [1.807, 2.05) is 18.2 Å². The molecule has 1 aliphatic carbocycles. The van der Waals surface area contributed by atoms with Gasteiger partial charge in [0.15, 0.2) is 0 Å². The molecule has 0 radical (unpaired) electrons. The van der Waals surface area contributed by atoms with Gasteiger partial charge in [0.05, 0.1) is 0 Å². The minimum absolute atomic E-state index is 0.727. The Labute approximate surface area is 112 Å². The monoisotopic (exact) mass is 278 g/mol. The van der Waals surface area contributed by atoms with Crippen molar-refractivity contribution in [3.05, 3.63) is 22.5 Å². The molecule has 0 aromatic rings. The van der Waals surface area contributed by atoms with Crippen LogP contribution in [-0.4, -0.2) is 11.2 Å². The van der Waals surface area contributed by atoms with Crippen LogP contribution < -0.4 is 10.2 Å². The molecule has 0 amide bonds. The van der Waals surface area contributed by atoms with E-state index in [2.05, 4.69) is 0 Å². The van der Waals surface area contributed by atoms with Gasteiger partial charge >= 0.3 is 48.8 Å². The molecular weight excluding hydrogens is 255 g/mol. The Morgan fingerprint density at radius 1 is 1.06 bits per heavy atom. The van der Waals surface area contributed by atoms with Crippen molar-refractivity contribution < 1.29 is 30.1 Å². The molecule has 1 aliphatic rings. The Bertz CT molecular complexity index is 243. The SMILES string of the molecule is CC(C)(C)[O-].CC(C)(C)[O-].[O]=[V+2][C]1=CC=CC1. The van der Waals surface area contributed by atoms with Crippen LogP contribution in [0.4, 0.5) is 0 Å². The van der Waals surface area contributed by atoms with Gasteiger partial charge in [-0.15, -0.1) is 11.2 Å². The minimum atomic E-state index is -0.750. The molecule has 1 rings (SSSR count). The maximum atomic E-state index is 10.1. The van der Waals surface area contributed by atoms with Crippen LogP contribution in [0.15, 0.2) is 22.5 Å². The summed E-state index contributed by atoms with van der Waals surface area (Å²) in [7, 11) is 0. The molecule has 98 valence electrons. The molecule has 0 aromatic heterocycles. The summed E-state index contributed by atoms with van der Waals surface area (Å²) < 4.78 is 11.2. The Kier molecular flexibility index (Phi) is 9.92. The molecule has 17 heavy (non-hydrogen) atoms. The van der Waals surface area contributed by atoms with E-state index < -0.39 is 27.4 Å². The van der Waals surface area contributed by atoms with Crippen LogP contribution in [0.5, 0.6) is 0 Å². The van der Waals surface area contributed by atoms with Crippen LogP contribution in [0, 0.1) is 0 Å². The quantitative estimate of drug-likeness (QED) is 0.731. The summed E-state index contributed by atoms with van der Waals surface area (Å²) in [5.74, 6) is 0. The summed E-state index contributed by atoms with van der Waals surface area (Å²) in [6.45, 7) is 9.79. The van der Waals surface area contributed by atoms with Gasteiger partial charge in [-0.05, 0) is 0 Å². The van der Waals surface area contributed by atoms with Gasteiger partial charge in [-0.2, -0.15) is 0 Å². The van der Waals surface area contributed by atoms with Crippen molar-refractivity contribution in [2.45, 2.75) is 59.2 Å². The van der Waals surface area contributed by atoms with Gasteiger partial charge in [-0.3, -0.25) is 0 Å². The second-order valence-corrected chi connectivity index (χ2v) is 6.79. The molecule has 3 nitrogen and oxygen atoms in total. The summed E-state index contributed by atoms with van der Waals surface area (Å²) >= 11 is -0.727. The summed E-state index contributed by atoms with van der Waals surface area (Å²) in [6.07, 6.45) is 6.81. The molecule has 0 atom stereocenters. The molecule has 0 saturated carbocycles. The van der Waals surface area contributed by atoms with Crippen LogP contribution in [0.2, 0.25) is 0 Å². The van der Waals surface area contributed by atoms with E-state index in [1.165, 1.54) is 0 Å². The van der Waals surface area contributed by atoms with Gasteiger partial charge < -0.3 is 10.2 Å². The number of hydrogen-bond donors (Lipinski definition) is 0. The average molecular weight is 278 g/mol. The summed E-state index contributed by atoms with van der Waals surface area (Å²) in [5, 5.41) is 20.2. The first-order valence-corrected chi connectivity index (χ1v) is 6.80. The average Bonchev–Trinajstić information content (AvgIpc) is 2.48. The van der Waals surface area contributed by atoms with Gasteiger partial charge in [0.2, 0.25) is 0 Å². The van der Waals surface area contributed by atoms with Crippen molar-refractivity contribution in [2.24, 2.45) is 0 Å². The second-order valence-electron chi connectivity index (χ2n) is 5.61. The standard InChI is InChI=1S/C5H5.2C4H9O.O.V/c1-2-4-5-3-1;2*1-4(2,3)5;;/h1-3H,4H2;2*1-3H3;;/q;2*-1;;+2. The van der Waals surface area contributed by atoms with Gasteiger partial charge in [-0.25, -0.2) is 0 Å². The van der Waals surface area contributed by atoms with Crippen molar-refractivity contribution >= 4 is 0 Å². The predicted molar refractivity (Wildman–Crippen MR) is 62.0 cm³/mol. The van der Waals surface area contributed by atoms with Crippen LogP contribution >= 0.6 is 0 Å². The van der Waals surface area contributed by atoms with Crippen LogP contribution in [0.1, 0.15) is 48.0 Å². The van der Waals surface area contributed by atoms with Crippen LogP contribution in [-0.2, 0) is 19.9 Å². The fourth-order valence-corrected chi connectivity index (χ4v) is 1.01. The molecule has 4 heteroatoms. The van der Waals surface area contributed by atoms with Crippen molar-refractivity contribution in [3.63, 3.8) is 0 Å². The Morgan fingerprint density at radius 3 is 1.53 bits per heavy atom. The molecule has 0 spiro atoms. The van der Waals surface area contributed by atoms with Crippen molar-refractivity contribution in [2.75, 3.05) is 0 Å². The van der Waals surface area contributed by atoms with E-state index in [0.717, 1.165) is 10.7 Å². The third-order valence-electron chi connectivity index (χ3n) is 0.869. The molecule has 0 aromatic carbocycles. The molecule has 0 saturated heterocycles. The third kappa shape index (κ3) is 38.9. The molecule has 0 fully saturated rings. The Hall–Kier alpha value is -0.216. The zero-order chi connectivity index (χ0) is 14.1. The molecule has 0 heterocycles. The third-order valence-corrected chi connectivity index (χ3v) is 1.75. The van der Waals surface area contributed by atoms with Crippen molar-refractivity contribution in [1.29, 1.82) is 0 Å². The van der Waals surface area contributed by atoms with Crippen molar-refractivity contribution in [1.82, 2.24) is 0 Å². The number of hydrogen-bond acceptors (Lipinski definition) is 3. The molecular formula is C13H23O3V. The fourth-order valence-electron chi connectivity index (χ4n) is 0.504. The van der Waals surface area contributed by atoms with E-state index in [0.29, 0.717) is 0 Å². The molecule has 0 aliphatic heterocycles. The maximum absolute atomic E-state index is 10.1. The molecule has 0 N–H and O–H groups in total. The van der Waals surface area contributed by atoms with Crippen LogP contribution in [0.25, 0.3) is 0 Å². The first kappa shape index (κ1) is 19.1.